The van der Waals surface area contributed by atoms with Crippen LogP contribution in [0.15, 0.2) is 36.7 Å². The highest BCUT2D eigenvalue weighted by atomic mass is 15.1. The number of nitrogens with one attached hydrogen (secondary N) is 1. The maximum atomic E-state index is 4.34. The minimum absolute atomic E-state index is 0.741. The summed E-state index contributed by atoms with van der Waals surface area (Å²) in [6, 6.07) is 8.74. The molecule has 2 aromatic rings. The van der Waals surface area contributed by atoms with Crippen LogP contribution in [0.3, 0.4) is 0 Å². The Morgan fingerprint density at radius 3 is 2.24 bits per heavy atom. The van der Waals surface area contributed by atoms with Crippen molar-refractivity contribution in [1.82, 2.24) is 15.3 Å². The molecule has 4 heteroatoms. The van der Waals surface area contributed by atoms with E-state index in [0.29, 0.717) is 0 Å². The Bertz CT molecular complexity index is 530. The summed E-state index contributed by atoms with van der Waals surface area (Å²) in [6.45, 7) is 9.98. The van der Waals surface area contributed by atoms with Gasteiger partial charge in [0, 0.05) is 44.3 Å². The van der Waals surface area contributed by atoms with Crippen molar-refractivity contribution in [2.24, 2.45) is 0 Å². The van der Waals surface area contributed by atoms with Crippen molar-refractivity contribution in [3.05, 3.63) is 53.6 Å². The van der Waals surface area contributed by atoms with Crippen molar-refractivity contribution in [3.8, 4) is 0 Å². The number of hydrogen-bond acceptors (Lipinski definition) is 4. The van der Waals surface area contributed by atoms with Gasteiger partial charge in [-0.05, 0) is 38.5 Å². The Hall–Kier alpha value is -1.94. The van der Waals surface area contributed by atoms with E-state index in [2.05, 4.69) is 58.3 Å². The normalized spacial score (nSPS) is 10.6. The predicted molar refractivity (Wildman–Crippen MR) is 87.3 cm³/mol. The summed E-state index contributed by atoms with van der Waals surface area (Å²) < 4.78 is 0. The number of aromatic nitrogens is 2. The summed E-state index contributed by atoms with van der Waals surface area (Å²) in [5.74, 6) is 0. The van der Waals surface area contributed by atoms with E-state index in [1.54, 1.807) is 6.20 Å². The van der Waals surface area contributed by atoms with Gasteiger partial charge in [0.2, 0.25) is 0 Å². The molecule has 21 heavy (non-hydrogen) atoms. The van der Waals surface area contributed by atoms with Gasteiger partial charge in [-0.2, -0.15) is 0 Å². The van der Waals surface area contributed by atoms with E-state index in [4.69, 9.17) is 0 Å². The number of rotatable bonds is 7. The molecule has 0 spiro atoms. The largest absolute Gasteiger partial charge is 0.372 e. The Kier molecular flexibility index (Phi) is 5.69. The molecule has 0 aliphatic rings. The molecule has 0 atom stereocenters. The van der Waals surface area contributed by atoms with E-state index in [1.165, 1.54) is 11.3 Å². The highest BCUT2D eigenvalue weighted by Crippen LogP contribution is 2.14. The Balaban J connectivity index is 1.84. The lowest BCUT2D eigenvalue weighted by Gasteiger charge is -2.21. The molecule has 0 saturated carbocycles. The number of hydrogen-bond donors (Lipinski definition) is 1. The first-order valence-corrected chi connectivity index (χ1v) is 7.55. The van der Waals surface area contributed by atoms with Crippen LogP contribution in [0.1, 0.15) is 30.8 Å². The summed E-state index contributed by atoms with van der Waals surface area (Å²) in [6.07, 6.45) is 3.63. The monoisotopic (exact) mass is 284 g/mol. The van der Waals surface area contributed by atoms with Crippen LogP contribution in [0.2, 0.25) is 0 Å². The highest BCUT2D eigenvalue weighted by Gasteiger charge is 2.01. The van der Waals surface area contributed by atoms with Gasteiger partial charge in [-0.15, -0.1) is 0 Å². The van der Waals surface area contributed by atoms with Crippen LogP contribution in [0, 0.1) is 6.92 Å². The molecule has 0 amide bonds. The van der Waals surface area contributed by atoms with Gasteiger partial charge in [0.15, 0.2) is 0 Å². The van der Waals surface area contributed by atoms with Crippen molar-refractivity contribution in [3.63, 3.8) is 0 Å². The van der Waals surface area contributed by atoms with Crippen molar-refractivity contribution in [2.45, 2.75) is 33.9 Å². The second kappa shape index (κ2) is 7.74. The van der Waals surface area contributed by atoms with Gasteiger partial charge >= 0.3 is 0 Å². The fraction of sp³-hybridized carbons (Fsp3) is 0.412. The van der Waals surface area contributed by atoms with Gasteiger partial charge in [0.25, 0.3) is 0 Å². The van der Waals surface area contributed by atoms with Crippen LogP contribution >= 0.6 is 0 Å². The lowest BCUT2D eigenvalue weighted by atomic mass is 10.2. The third-order valence-electron chi connectivity index (χ3n) is 3.53. The van der Waals surface area contributed by atoms with E-state index in [9.17, 15) is 0 Å². The topological polar surface area (TPSA) is 41.0 Å². The lowest BCUT2D eigenvalue weighted by molar-refractivity contribution is 0.676. The van der Waals surface area contributed by atoms with Gasteiger partial charge in [-0.25, -0.2) is 0 Å². The molecule has 0 aliphatic carbocycles. The zero-order valence-electron chi connectivity index (χ0n) is 13.1. The second-order valence-electron chi connectivity index (χ2n) is 5.09. The Labute approximate surface area is 127 Å². The third-order valence-corrected chi connectivity index (χ3v) is 3.53. The molecule has 1 heterocycles. The van der Waals surface area contributed by atoms with Crippen LogP contribution < -0.4 is 10.2 Å². The fourth-order valence-electron chi connectivity index (χ4n) is 2.26. The Morgan fingerprint density at radius 2 is 1.67 bits per heavy atom. The summed E-state index contributed by atoms with van der Waals surface area (Å²) >= 11 is 0. The molecule has 0 aliphatic heterocycles. The summed E-state index contributed by atoms with van der Waals surface area (Å²) in [7, 11) is 0. The molecule has 4 nitrogen and oxygen atoms in total. The molecule has 0 unspecified atom stereocenters. The van der Waals surface area contributed by atoms with E-state index in [0.717, 1.165) is 37.6 Å². The smallest absolute Gasteiger partial charge is 0.0724 e. The maximum Gasteiger partial charge on any atom is 0.0724 e. The number of nitrogens with zero attached hydrogens (tertiary/aromatic N) is 3. The summed E-state index contributed by atoms with van der Waals surface area (Å²) in [5.41, 5.74) is 4.49. The fourth-order valence-corrected chi connectivity index (χ4v) is 2.26. The highest BCUT2D eigenvalue weighted by molar-refractivity contribution is 5.47. The van der Waals surface area contributed by atoms with E-state index in [1.807, 2.05) is 13.1 Å². The van der Waals surface area contributed by atoms with Crippen LogP contribution in [0.4, 0.5) is 5.69 Å². The number of aryl methyl sites for hydroxylation is 1. The minimum atomic E-state index is 0.741. The average molecular weight is 284 g/mol. The van der Waals surface area contributed by atoms with Gasteiger partial charge in [0.1, 0.15) is 0 Å². The lowest BCUT2D eigenvalue weighted by Crippen LogP contribution is -2.21. The van der Waals surface area contributed by atoms with Crippen molar-refractivity contribution in [2.75, 3.05) is 18.0 Å². The summed E-state index contributed by atoms with van der Waals surface area (Å²) in [5, 5.41) is 3.40. The SMILES string of the molecule is CCN(CC)c1ccc(CNCc2cnc(C)cn2)cc1. The molecular weight excluding hydrogens is 260 g/mol. The van der Waals surface area contributed by atoms with E-state index >= 15 is 0 Å². The first-order chi connectivity index (χ1) is 10.2. The maximum absolute atomic E-state index is 4.34. The predicted octanol–water partition coefficient (Wildman–Crippen LogP) is 2.92. The molecule has 1 aromatic carbocycles. The average Bonchev–Trinajstić information content (AvgIpc) is 2.52. The molecule has 1 N–H and O–H groups in total. The van der Waals surface area contributed by atoms with Crippen LogP contribution in [-0.2, 0) is 13.1 Å². The quantitative estimate of drug-likeness (QED) is 0.849. The van der Waals surface area contributed by atoms with Crippen molar-refractivity contribution in [1.29, 1.82) is 0 Å². The molecule has 2 rings (SSSR count). The van der Waals surface area contributed by atoms with Crippen molar-refractivity contribution < 1.29 is 0 Å². The molecule has 0 saturated heterocycles. The second-order valence-corrected chi connectivity index (χ2v) is 5.09. The zero-order chi connectivity index (χ0) is 15.1. The van der Waals surface area contributed by atoms with E-state index in [-0.39, 0.29) is 0 Å². The number of benzene rings is 1. The molecule has 0 radical (unpaired) electrons. The van der Waals surface area contributed by atoms with Crippen molar-refractivity contribution >= 4 is 5.69 Å². The van der Waals surface area contributed by atoms with Gasteiger partial charge < -0.3 is 10.2 Å². The number of anilines is 1. The molecular formula is C17H24N4. The van der Waals surface area contributed by atoms with Crippen LogP contribution in [-0.4, -0.2) is 23.1 Å². The minimum Gasteiger partial charge on any atom is -0.372 e. The van der Waals surface area contributed by atoms with Gasteiger partial charge in [-0.3, -0.25) is 9.97 Å². The first kappa shape index (κ1) is 15.4. The summed E-state index contributed by atoms with van der Waals surface area (Å²) in [4.78, 5) is 10.9. The zero-order valence-corrected chi connectivity index (χ0v) is 13.1. The van der Waals surface area contributed by atoms with Crippen LogP contribution in [0.25, 0.3) is 0 Å². The first-order valence-electron chi connectivity index (χ1n) is 7.55. The standard InChI is InChI=1S/C17H24N4/c1-4-21(5-2)17-8-6-15(7-9-17)11-18-12-16-13-19-14(3)10-20-16/h6-10,13,18H,4-5,11-12H2,1-3H3. The van der Waals surface area contributed by atoms with Gasteiger partial charge in [-0.1, -0.05) is 12.1 Å². The molecule has 0 bridgehead atoms. The molecule has 0 fully saturated rings. The molecule has 112 valence electrons. The van der Waals surface area contributed by atoms with E-state index < -0.39 is 0 Å². The third kappa shape index (κ3) is 4.53. The molecule has 1 aromatic heterocycles. The Morgan fingerprint density at radius 1 is 0.952 bits per heavy atom. The van der Waals surface area contributed by atoms with Crippen LogP contribution in [0.5, 0.6) is 0 Å². The van der Waals surface area contributed by atoms with Gasteiger partial charge in [0.05, 0.1) is 11.4 Å².